The molecule has 0 aliphatic rings. The van der Waals surface area contributed by atoms with Crippen LogP contribution in [0.1, 0.15) is 18.4 Å². The van der Waals surface area contributed by atoms with Crippen LogP contribution in [0.2, 0.25) is 0 Å². The molecule has 0 fully saturated rings. The van der Waals surface area contributed by atoms with Gasteiger partial charge in [-0.15, -0.1) is 0 Å². The molecule has 110 valence electrons. The van der Waals surface area contributed by atoms with Gasteiger partial charge in [0.15, 0.2) is 6.04 Å². The fourth-order valence-electron chi connectivity index (χ4n) is 1.70. The molecule has 0 radical (unpaired) electrons. The molecular formula is C14H19NO5. The Kier molecular flexibility index (Phi) is 5.99. The zero-order valence-electron chi connectivity index (χ0n) is 11.8. The number of aliphatic carboxylic acids is 1. The minimum absolute atomic E-state index is 0.0775. The number of carboxylic acid groups (broad SMARTS) is 1. The molecule has 0 aromatic heterocycles. The lowest BCUT2D eigenvalue weighted by atomic mass is 10.00. The second-order valence-electron chi connectivity index (χ2n) is 4.35. The number of hydrogen-bond acceptors (Lipinski definition) is 4. The molecule has 2 N–H and O–H groups in total. The first-order valence-electron chi connectivity index (χ1n) is 6.15. The maximum Gasteiger partial charge on any atom is 0.328 e. The third-order valence-electron chi connectivity index (χ3n) is 2.93. The average molecular weight is 281 g/mol. The Morgan fingerprint density at radius 1 is 1.35 bits per heavy atom. The number of hydrogen-bond donors (Lipinski definition) is 2. The van der Waals surface area contributed by atoms with Crippen molar-refractivity contribution < 1.29 is 24.2 Å². The van der Waals surface area contributed by atoms with Gasteiger partial charge >= 0.3 is 5.97 Å². The normalized spacial score (nSPS) is 13.3. The van der Waals surface area contributed by atoms with Gasteiger partial charge in [0.1, 0.15) is 5.75 Å². The van der Waals surface area contributed by atoms with Crippen molar-refractivity contribution in [2.24, 2.45) is 0 Å². The van der Waals surface area contributed by atoms with Crippen molar-refractivity contribution in [3.63, 3.8) is 0 Å². The number of carbonyl (C=O) groups excluding carboxylic acids is 1. The van der Waals surface area contributed by atoms with Gasteiger partial charge in [-0.25, -0.2) is 4.79 Å². The van der Waals surface area contributed by atoms with Gasteiger partial charge in [-0.3, -0.25) is 4.79 Å². The van der Waals surface area contributed by atoms with Gasteiger partial charge < -0.3 is 19.9 Å². The van der Waals surface area contributed by atoms with E-state index in [1.807, 2.05) is 0 Å². The summed E-state index contributed by atoms with van der Waals surface area (Å²) in [5.41, 5.74) is 0.753. The zero-order valence-corrected chi connectivity index (χ0v) is 11.8. The summed E-state index contributed by atoms with van der Waals surface area (Å²) < 4.78 is 9.87. The van der Waals surface area contributed by atoms with Gasteiger partial charge in [0.25, 0.3) is 0 Å². The predicted octanol–water partition coefficient (Wildman–Crippen LogP) is 1.01. The summed E-state index contributed by atoms with van der Waals surface area (Å²) in [4.78, 5) is 23.0. The molecule has 1 aromatic rings. The van der Waals surface area contributed by atoms with Crippen molar-refractivity contribution in [1.82, 2.24) is 5.32 Å². The van der Waals surface area contributed by atoms with Crippen LogP contribution >= 0.6 is 0 Å². The smallest absolute Gasteiger partial charge is 0.328 e. The summed E-state index contributed by atoms with van der Waals surface area (Å²) in [6, 6.07) is 6.04. The van der Waals surface area contributed by atoms with Crippen molar-refractivity contribution in [3.8, 4) is 5.75 Å². The van der Waals surface area contributed by atoms with Gasteiger partial charge in [0.2, 0.25) is 5.91 Å². The highest BCUT2D eigenvalue weighted by Gasteiger charge is 2.23. The molecule has 6 nitrogen and oxygen atoms in total. The van der Waals surface area contributed by atoms with Crippen molar-refractivity contribution in [3.05, 3.63) is 29.8 Å². The molecule has 6 heteroatoms. The van der Waals surface area contributed by atoms with E-state index >= 15 is 0 Å². The molecule has 1 aromatic carbocycles. The van der Waals surface area contributed by atoms with Gasteiger partial charge in [0.05, 0.1) is 19.6 Å². The van der Waals surface area contributed by atoms with E-state index in [0.29, 0.717) is 5.75 Å². The van der Waals surface area contributed by atoms with E-state index in [-0.39, 0.29) is 12.5 Å². The van der Waals surface area contributed by atoms with Gasteiger partial charge in [-0.05, 0) is 24.6 Å². The molecule has 0 saturated carbocycles. The van der Waals surface area contributed by atoms with Crippen LogP contribution in [-0.2, 0) is 14.3 Å². The predicted molar refractivity (Wildman–Crippen MR) is 72.9 cm³/mol. The summed E-state index contributed by atoms with van der Waals surface area (Å²) in [7, 11) is 2.93. The number of nitrogens with one attached hydrogen (secondary N) is 1. The fourth-order valence-corrected chi connectivity index (χ4v) is 1.70. The molecule has 1 amide bonds. The minimum Gasteiger partial charge on any atom is -0.497 e. The Labute approximate surface area is 117 Å². The van der Waals surface area contributed by atoms with Crippen LogP contribution in [0, 0.1) is 0 Å². The number of amides is 1. The number of carbonyl (C=O) groups is 2. The Morgan fingerprint density at radius 3 is 2.60 bits per heavy atom. The zero-order chi connectivity index (χ0) is 15.1. The second kappa shape index (κ2) is 7.49. The molecule has 0 spiro atoms. The Bertz CT molecular complexity index is 474. The van der Waals surface area contributed by atoms with Crippen molar-refractivity contribution in [2.75, 3.05) is 20.8 Å². The highest BCUT2D eigenvalue weighted by atomic mass is 16.5. The third-order valence-corrected chi connectivity index (χ3v) is 2.93. The van der Waals surface area contributed by atoms with Gasteiger partial charge in [-0.1, -0.05) is 12.1 Å². The molecule has 0 aliphatic carbocycles. The monoisotopic (exact) mass is 281 g/mol. The topological polar surface area (TPSA) is 84.9 Å². The summed E-state index contributed by atoms with van der Waals surface area (Å²) >= 11 is 0. The molecule has 2 atom stereocenters. The van der Waals surface area contributed by atoms with Crippen LogP contribution < -0.4 is 10.1 Å². The Morgan fingerprint density at radius 2 is 2.05 bits per heavy atom. The first-order valence-corrected chi connectivity index (χ1v) is 6.15. The van der Waals surface area contributed by atoms with E-state index in [1.165, 1.54) is 7.11 Å². The molecular weight excluding hydrogens is 262 g/mol. The maximum atomic E-state index is 12.1. The molecule has 0 saturated heterocycles. The van der Waals surface area contributed by atoms with Crippen molar-refractivity contribution in [2.45, 2.75) is 18.9 Å². The van der Waals surface area contributed by atoms with Crippen LogP contribution in [0.5, 0.6) is 5.75 Å². The molecule has 20 heavy (non-hydrogen) atoms. The van der Waals surface area contributed by atoms with E-state index in [2.05, 4.69) is 5.32 Å². The SMILES string of the molecule is COCC(NC(=O)C(C)c1cccc(OC)c1)C(=O)O. The summed E-state index contributed by atoms with van der Waals surface area (Å²) in [5.74, 6) is -1.33. The summed E-state index contributed by atoms with van der Waals surface area (Å²) in [5, 5.41) is 11.4. The summed E-state index contributed by atoms with van der Waals surface area (Å²) in [6.07, 6.45) is 0. The fraction of sp³-hybridized carbons (Fsp3) is 0.429. The molecule has 0 heterocycles. The third kappa shape index (κ3) is 4.24. The van der Waals surface area contributed by atoms with E-state index in [9.17, 15) is 9.59 Å². The van der Waals surface area contributed by atoms with E-state index in [4.69, 9.17) is 14.6 Å². The van der Waals surface area contributed by atoms with Crippen LogP contribution in [0.25, 0.3) is 0 Å². The van der Waals surface area contributed by atoms with E-state index in [1.54, 1.807) is 38.3 Å². The Hall–Kier alpha value is -2.08. The molecule has 2 unspecified atom stereocenters. The standard InChI is InChI=1S/C14H19NO5/c1-9(10-5-4-6-11(7-10)20-3)13(16)15-12(8-19-2)14(17)18/h4-7,9,12H,8H2,1-3H3,(H,15,16)(H,17,18). The van der Waals surface area contributed by atoms with Crippen LogP contribution in [0.15, 0.2) is 24.3 Å². The van der Waals surface area contributed by atoms with Crippen LogP contribution in [-0.4, -0.2) is 43.9 Å². The number of methoxy groups -OCH3 is 2. The first kappa shape index (κ1) is 16.0. The molecule has 0 aliphatic heterocycles. The van der Waals surface area contributed by atoms with Gasteiger partial charge in [-0.2, -0.15) is 0 Å². The first-order chi connectivity index (χ1) is 9.49. The maximum absolute atomic E-state index is 12.1. The minimum atomic E-state index is -1.13. The lowest BCUT2D eigenvalue weighted by Gasteiger charge is -2.17. The van der Waals surface area contributed by atoms with E-state index < -0.39 is 17.9 Å². The average Bonchev–Trinajstić information content (AvgIpc) is 2.45. The molecule has 0 bridgehead atoms. The largest absolute Gasteiger partial charge is 0.497 e. The second-order valence-corrected chi connectivity index (χ2v) is 4.35. The molecule has 1 rings (SSSR count). The summed E-state index contributed by atoms with van der Waals surface area (Å²) in [6.45, 7) is 1.63. The van der Waals surface area contributed by atoms with Gasteiger partial charge in [0, 0.05) is 7.11 Å². The lowest BCUT2D eigenvalue weighted by Crippen LogP contribution is -2.45. The number of rotatable bonds is 7. The highest BCUT2D eigenvalue weighted by molar-refractivity contribution is 5.87. The number of benzene rings is 1. The van der Waals surface area contributed by atoms with Crippen LogP contribution in [0.4, 0.5) is 0 Å². The number of carboxylic acids is 1. The lowest BCUT2D eigenvalue weighted by molar-refractivity contribution is -0.143. The van der Waals surface area contributed by atoms with Crippen molar-refractivity contribution >= 4 is 11.9 Å². The van der Waals surface area contributed by atoms with E-state index in [0.717, 1.165) is 5.56 Å². The quantitative estimate of drug-likeness (QED) is 0.779. The Balaban J connectivity index is 2.77. The highest BCUT2D eigenvalue weighted by Crippen LogP contribution is 2.20. The van der Waals surface area contributed by atoms with Crippen LogP contribution in [0.3, 0.4) is 0 Å². The van der Waals surface area contributed by atoms with Crippen molar-refractivity contribution in [1.29, 1.82) is 0 Å². The number of ether oxygens (including phenoxy) is 2.